The number of hydrogen-bond donors (Lipinski definition) is 1. The summed E-state index contributed by atoms with van der Waals surface area (Å²) in [5.74, 6) is 0.00974. The third-order valence-corrected chi connectivity index (χ3v) is 6.36. The lowest BCUT2D eigenvalue weighted by Crippen LogP contribution is -2.48. The Balaban J connectivity index is 2.00. The molecule has 2 aromatic carbocycles. The minimum absolute atomic E-state index is 0.0848. The van der Waals surface area contributed by atoms with E-state index in [9.17, 15) is 12.8 Å². The predicted molar refractivity (Wildman–Crippen MR) is 93.9 cm³/mol. The predicted octanol–water partition coefficient (Wildman–Crippen LogP) is 2.82. The molecule has 0 aliphatic carbocycles. The molecule has 0 spiro atoms. The van der Waals surface area contributed by atoms with Gasteiger partial charge in [0.25, 0.3) is 0 Å². The van der Waals surface area contributed by atoms with E-state index >= 15 is 0 Å². The maximum atomic E-state index is 13.6. The Labute approximate surface area is 151 Å². The van der Waals surface area contributed by atoms with E-state index in [2.05, 4.69) is 5.32 Å². The first-order valence-electron chi connectivity index (χ1n) is 7.75. The van der Waals surface area contributed by atoms with Crippen LogP contribution >= 0.6 is 11.6 Å². The van der Waals surface area contributed by atoms with E-state index in [-0.39, 0.29) is 16.5 Å². The molecule has 1 heterocycles. The summed E-state index contributed by atoms with van der Waals surface area (Å²) >= 11 is 6.08. The van der Waals surface area contributed by atoms with Crippen molar-refractivity contribution in [1.29, 1.82) is 0 Å². The minimum atomic E-state index is -3.79. The van der Waals surface area contributed by atoms with Crippen molar-refractivity contribution in [3.63, 3.8) is 0 Å². The van der Waals surface area contributed by atoms with Crippen molar-refractivity contribution < 1.29 is 17.5 Å². The maximum Gasteiger partial charge on any atom is 0.243 e. The number of piperazine rings is 1. The van der Waals surface area contributed by atoms with Crippen LogP contribution < -0.4 is 10.1 Å². The zero-order chi connectivity index (χ0) is 18.0. The third kappa shape index (κ3) is 3.64. The van der Waals surface area contributed by atoms with Crippen LogP contribution in [0.2, 0.25) is 5.02 Å². The Morgan fingerprint density at radius 1 is 1.28 bits per heavy atom. The quantitative estimate of drug-likeness (QED) is 0.880. The number of rotatable bonds is 4. The van der Waals surface area contributed by atoms with Crippen LogP contribution in [-0.2, 0) is 10.0 Å². The molecule has 2 aromatic rings. The lowest BCUT2D eigenvalue weighted by atomic mass is 10.1. The number of benzene rings is 2. The largest absolute Gasteiger partial charge is 0.495 e. The summed E-state index contributed by atoms with van der Waals surface area (Å²) in [6.45, 7) is 1.22. The molecule has 1 fully saturated rings. The van der Waals surface area contributed by atoms with Gasteiger partial charge in [-0.15, -0.1) is 0 Å². The van der Waals surface area contributed by atoms with Crippen molar-refractivity contribution in [1.82, 2.24) is 9.62 Å². The summed E-state index contributed by atoms with van der Waals surface area (Å²) < 4.78 is 46.3. The molecule has 1 aliphatic rings. The molecule has 0 bridgehead atoms. The van der Waals surface area contributed by atoms with E-state index in [1.54, 1.807) is 12.1 Å². The molecule has 5 nitrogen and oxygen atoms in total. The van der Waals surface area contributed by atoms with Crippen molar-refractivity contribution in [2.75, 3.05) is 26.7 Å². The highest BCUT2D eigenvalue weighted by Crippen LogP contribution is 2.32. The van der Waals surface area contributed by atoms with Crippen molar-refractivity contribution in [2.24, 2.45) is 0 Å². The number of sulfonamides is 1. The highest BCUT2D eigenvalue weighted by molar-refractivity contribution is 7.89. The van der Waals surface area contributed by atoms with E-state index in [1.807, 2.05) is 0 Å². The third-order valence-electron chi connectivity index (χ3n) is 4.16. The molecule has 0 aromatic heterocycles. The van der Waals surface area contributed by atoms with Gasteiger partial charge in [-0.3, -0.25) is 0 Å². The van der Waals surface area contributed by atoms with E-state index in [4.69, 9.17) is 16.3 Å². The van der Waals surface area contributed by atoms with Crippen LogP contribution in [0.5, 0.6) is 5.75 Å². The Bertz CT molecular complexity index is 876. The first-order chi connectivity index (χ1) is 11.9. The number of hydrogen-bond acceptors (Lipinski definition) is 4. The molecule has 0 amide bonds. The molecule has 0 radical (unpaired) electrons. The summed E-state index contributed by atoms with van der Waals surface area (Å²) in [5.41, 5.74) is 0.607. The summed E-state index contributed by atoms with van der Waals surface area (Å²) in [4.78, 5) is 0.0848. The zero-order valence-electron chi connectivity index (χ0n) is 13.6. The van der Waals surface area contributed by atoms with Crippen molar-refractivity contribution >= 4 is 21.6 Å². The van der Waals surface area contributed by atoms with Crippen LogP contribution in [0.1, 0.15) is 11.6 Å². The molecule has 134 valence electrons. The molecular weight excluding hydrogens is 367 g/mol. The number of nitrogens with zero attached hydrogens (tertiary/aromatic N) is 1. The minimum Gasteiger partial charge on any atom is -0.495 e. The van der Waals surface area contributed by atoms with Gasteiger partial charge in [-0.05, 0) is 35.9 Å². The number of nitrogens with one attached hydrogen (secondary N) is 1. The normalized spacial score (nSPS) is 18.9. The van der Waals surface area contributed by atoms with Crippen molar-refractivity contribution in [2.45, 2.75) is 10.9 Å². The van der Waals surface area contributed by atoms with Crippen LogP contribution in [0.3, 0.4) is 0 Å². The second-order valence-corrected chi connectivity index (χ2v) is 7.98. The van der Waals surface area contributed by atoms with Crippen LogP contribution in [0, 0.1) is 5.82 Å². The Hall–Kier alpha value is -1.67. The highest BCUT2D eigenvalue weighted by Gasteiger charge is 2.34. The van der Waals surface area contributed by atoms with E-state index in [0.29, 0.717) is 24.4 Å². The molecule has 1 aliphatic heterocycles. The monoisotopic (exact) mass is 384 g/mol. The van der Waals surface area contributed by atoms with Gasteiger partial charge in [-0.2, -0.15) is 4.31 Å². The second-order valence-electron chi connectivity index (χ2n) is 5.69. The molecule has 8 heteroatoms. The topological polar surface area (TPSA) is 58.6 Å². The van der Waals surface area contributed by atoms with E-state index in [1.165, 1.54) is 41.7 Å². The first-order valence-corrected chi connectivity index (χ1v) is 9.57. The molecule has 0 saturated carbocycles. The standard InChI is InChI=1S/C17H18ClFN2O3S/c1-24-17-6-5-14(10-15(17)18)25(22,23)21-8-7-20-11-16(21)12-3-2-4-13(19)9-12/h2-6,9-10,16,20H,7-8,11H2,1H3. The van der Waals surface area contributed by atoms with Crippen LogP contribution in [0.4, 0.5) is 4.39 Å². The maximum absolute atomic E-state index is 13.6. The molecular formula is C17H18ClFN2O3S. The van der Waals surface area contributed by atoms with E-state index < -0.39 is 21.9 Å². The summed E-state index contributed by atoms with van der Waals surface area (Å²) in [7, 11) is -2.32. The smallest absolute Gasteiger partial charge is 0.243 e. The Morgan fingerprint density at radius 2 is 2.08 bits per heavy atom. The second kappa shape index (κ2) is 7.29. The van der Waals surface area contributed by atoms with Gasteiger partial charge in [-0.25, -0.2) is 12.8 Å². The fraction of sp³-hybridized carbons (Fsp3) is 0.294. The number of halogens is 2. The number of ether oxygens (including phenoxy) is 1. The van der Waals surface area contributed by atoms with Gasteiger partial charge in [0.1, 0.15) is 11.6 Å². The zero-order valence-corrected chi connectivity index (χ0v) is 15.1. The average molecular weight is 385 g/mol. The lowest BCUT2D eigenvalue weighted by Gasteiger charge is -2.35. The Kier molecular flexibility index (Phi) is 5.29. The molecule has 1 unspecified atom stereocenters. The molecule has 3 rings (SSSR count). The molecule has 1 atom stereocenters. The van der Waals surface area contributed by atoms with Crippen molar-refractivity contribution in [3.05, 3.63) is 58.9 Å². The van der Waals surface area contributed by atoms with Gasteiger partial charge in [0.05, 0.1) is 23.1 Å². The lowest BCUT2D eigenvalue weighted by molar-refractivity contribution is 0.271. The van der Waals surface area contributed by atoms with Gasteiger partial charge < -0.3 is 10.1 Å². The van der Waals surface area contributed by atoms with E-state index in [0.717, 1.165) is 0 Å². The van der Waals surface area contributed by atoms with Gasteiger partial charge in [0.2, 0.25) is 10.0 Å². The summed E-state index contributed by atoms with van der Waals surface area (Å²) in [5, 5.41) is 3.38. The van der Waals surface area contributed by atoms with Crippen LogP contribution in [-0.4, -0.2) is 39.5 Å². The molecule has 1 saturated heterocycles. The van der Waals surface area contributed by atoms with Crippen molar-refractivity contribution in [3.8, 4) is 5.75 Å². The van der Waals surface area contributed by atoms with Gasteiger partial charge in [-0.1, -0.05) is 23.7 Å². The average Bonchev–Trinajstić information content (AvgIpc) is 2.61. The Morgan fingerprint density at radius 3 is 2.76 bits per heavy atom. The van der Waals surface area contributed by atoms with Crippen LogP contribution in [0.15, 0.2) is 47.4 Å². The first kappa shape index (κ1) is 18.1. The van der Waals surface area contributed by atoms with Gasteiger partial charge in [0.15, 0.2) is 0 Å². The summed E-state index contributed by atoms with van der Waals surface area (Å²) in [6, 6.07) is 9.87. The summed E-state index contributed by atoms with van der Waals surface area (Å²) in [6.07, 6.45) is 0. The molecule has 25 heavy (non-hydrogen) atoms. The van der Waals surface area contributed by atoms with Crippen LogP contribution in [0.25, 0.3) is 0 Å². The fourth-order valence-electron chi connectivity index (χ4n) is 2.91. The SMILES string of the molecule is COc1ccc(S(=O)(=O)N2CCNCC2c2cccc(F)c2)cc1Cl. The fourth-order valence-corrected chi connectivity index (χ4v) is 4.88. The molecule has 1 N–H and O–H groups in total. The highest BCUT2D eigenvalue weighted by atomic mass is 35.5. The number of methoxy groups -OCH3 is 1. The van der Waals surface area contributed by atoms with Gasteiger partial charge in [0, 0.05) is 19.6 Å². The van der Waals surface area contributed by atoms with Gasteiger partial charge >= 0.3 is 0 Å².